The summed E-state index contributed by atoms with van der Waals surface area (Å²) in [6.07, 6.45) is 0. The predicted octanol–water partition coefficient (Wildman–Crippen LogP) is 0.948. The molecule has 0 aliphatic heterocycles. The molecule has 0 spiro atoms. The zero-order valence-electron chi connectivity index (χ0n) is 11.4. The van der Waals surface area contributed by atoms with Crippen molar-refractivity contribution >= 4 is 35.2 Å². The molecule has 2 heterocycles. The van der Waals surface area contributed by atoms with Gasteiger partial charge in [-0.25, -0.2) is 4.68 Å². The van der Waals surface area contributed by atoms with Crippen LogP contribution in [-0.4, -0.2) is 31.9 Å². The van der Waals surface area contributed by atoms with Crippen LogP contribution in [0.3, 0.4) is 0 Å². The van der Waals surface area contributed by atoms with Crippen molar-refractivity contribution < 1.29 is 4.79 Å². The van der Waals surface area contributed by atoms with Crippen molar-refractivity contribution in [2.45, 2.75) is 26.8 Å². The Hall–Kier alpha value is -1.60. The van der Waals surface area contributed by atoms with Crippen molar-refractivity contribution in [3.63, 3.8) is 0 Å². The van der Waals surface area contributed by atoms with Crippen molar-refractivity contribution in [1.82, 2.24) is 20.0 Å². The fourth-order valence-corrected chi connectivity index (χ4v) is 1.83. The van der Waals surface area contributed by atoms with E-state index in [0.29, 0.717) is 11.5 Å². The predicted molar refractivity (Wildman–Crippen MR) is 76.3 cm³/mol. The van der Waals surface area contributed by atoms with Crippen molar-refractivity contribution in [3.8, 4) is 0 Å². The summed E-state index contributed by atoms with van der Waals surface area (Å²) in [4.78, 5) is 11.9. The fourth-order valence-electron chi connectivity index (χ4n) is 1.83. The maximum absolute atomic E-state index is 11.9. The van der Waals surface area contributed by atoms with E-state index in [1.165, 1.54) is 0 Å². The molecule has 0 unspecified atom stereocenters. The number of nitrogens with one attached hydrogen (secondary N) is 2. The van der Waals surface area contributed by atoms with E-state index in [4.69, 9.17) is 5.73 Å². The first-order valence-electron chi connectivity index (χ1n) is 5.86. The molecule has 0 aliphatic rings. The number of hydrogen-bond acceptors (Lipinski definition) is 4. The van der Waals surface area contributed by atoms with E-state index in [0.717, 1.165) is 11.1 Å². The van der Waals surface area contributed by atoms with Crippen LogP contribution in [0.15, 0.2) is 0 Å². The Morgan fingerprint density at radius 3 is 2.68 bits per heavy atom. The van der Waals surface area contributed by atoms with Crippen LogP contribution in [0, 0.1) is 12.8 Å². The number of aryl methyl sites for hydroxylation is 2. The molecular formula is C11H19ClN6O. The lowest BCUT2D eigenvalue weighted by Gasteiger charge is -2.14. The molecule has 1 amide bonds. The molecule has 2 aromatic rings. The van der Waals surface area contributed by atoms with Crippen molar-refractivity contribution in [3.05, 3.63) is 5.69 Å². The van der Waals surface area contributed by atoms with Gasteiger partial charge in [-0.3, -0.25) is 9.89 Å². The van der Waals surface area contributed by atoms with Crippen LogP contribution >= 0.6 is 12.4 Å². The smallest absolute Gasteiger partial charge is 0.242 e. The Bertz CT molecular complexity index is 587. The van der Waals surface area contributed by atoms with Gasteiger partial charge in [-0.1, -0.05) is 13.8 Å². The lowest BCUT2D eigenvalue weighted by molar-refractivity contribution is -0.118. The number of carbonyl (C=O) groups is 1. The van der Waals surface area contributed by atoms with Gasteiger partial charge in [-0.15, -0.1) is 12.4 Å². The molecule has 0 saturated heterocycles. The number of nitrogens with zero attached hydrogens (tertiary/aromatic N) is 3. The molecule has 0 bridgehead atoms. The highest BCUT2D eigenvalue weighted by molar-refractivity contribution is 6.01. The van der Waals surface area contributed by atoms with Gasteiger partial charge in [-0.2, -0.15) is 10.2 Å². The SMILES string of the molecule is Cc1nn(C)c2n[nH]c(NC(=O)[C@@H](N)C(C)C)c12.Cl. The zero-order valence-corrected chi connectivity index (χ0v) is 12.2. The number of hydrogen-bond donors (Lipinski definition) is 3. The lowest BCUT2D eigenvalue weighted by atomic mass is 10.1. The van der Waals surface area contributed by atoms with Gasteiger partial charge in [0.2, 0.25) is 5.91 Å². The summed E-state index contributed by atoms with van der Waals surface area (Å²) in [5, 5.41) is 14.8. The van der Waals surface area contributed by atoms with Gasteiger partial charge in [0.25, 0.3) is 0 Å². The lowest BCUT2D eigenvalue weighted by Crippen LogP contribution is -2.39. The summed E-state index contributed by atoms with van der Waals surface area (Å²) in [7, 11) is 1.81. The number of aromatic nitrogens is 4. The molecule has 2 rings (SSSR count). The van der Waals surface area contributed by atoms with Gasteiger partial charge in [0.05, 0.1) is 17.1 Å². The van der Waals surface area contributed by atoms with Crippen LogP contribution in [0.4, 0.5) is 5.82 Å². The number of amides is 1. The van der Waals surface area contributed by atoms with Crippen LogP contribution in [0.5, 0.6) is 0 Å². The maximum atomic E-state index is 11.9. The van der Waals surface area contributed by atoms with E-state index in [1.807, 2.05) is 27.8 Å². The summed E-state index contributed by atoms with van der Waals surface area (Å²) in [6, 6.07) is -0.541. The quantitative estimate of drug-likeness (QED) is 0.782. The Morgan fingerprint density at radius 2 is 2.11 bits per heavy atom. The number of carbonyl (C=O) groups excluding carboxylic acids is 1. The number of anilines is 1. The van der Waals surface area contributed by atoms with Crippen LogP contribution in [0.2, 0.25) is 0 Å². The molecule has 0 saturated carbocycles. The van der Waals surface area contributed by atoms with E-state index in [-0.39, 0.29) is 24.2 Å². The number of rotatable bonds is 3. The molecule has 19 heavy (non-hydrogen) atoms. The van der Waals surface area contributed by atoms with E-state index < -0.39 is 6.04 Å². The summed E-state index contributed by atoms with van der Waals surface area (Å²) in [5.41, 5.74) is 7.32. The summed E-state index contributed by atoms with van der Waals surface area (Å²) in [5.74, 6) is 0.411. The van der Waals surface area contributed by atoms with E-state index in [1.54, 1.807) is 4.68 Å². The highest BCUT2D eigenvalue weighted by atomic mass is 35.5. The van der Waals surface area contributed by atoms with Crippen LogP contribution in [0.1, 0.15) is 19.5 Å². The van der Waals surface area contributed by atoms with Crippen LogP contribution in [0.25, 0.3) is 11.0 Å². The average molecular weight is 287 g/mol. The first-order valence-corrected chi connectivity index (χ1v) is 5.86. The minimum Gasteiger partial charge on any atom is -0.320 e. The second-order valence-corrected chi connectivity index (χ2v) is 4.77. The Labute approximate surface area is 117 Å². The normalized spacial score (nSPS) is 12.5. The molecule has 0 aromatic carbocycles. The van der Waals surface area contributed by atoms with Crippen LogP contribution in [-0.2, 0) is 11.8 Å². The van der Waals surface area contributed by atoms with Crippen molar-refractivity contribution in [2.24, 2.45) is 18.7 Å². The minimum absolute atomic E-state index is 0. The number of aromatic amines is 1. The first kappa shape index (κ1) is 15.5. The molecule has 7 nitrogen and oxygen atoms in total. The average Bonchev–Trinajstić information content (AvgIpc) is 2.82. The third kappa shape index (κ3) is 2.71. The highest BCUT2D eigenvalue weighted by Crippen LogP contribution is 2.23. The Kier molecular flexibility index (Phi) is 4.54. The minimum atomic E-state index is -0.541. The molecule has 4 N–H and O–H groups in total. The monoisotopic (exact) mass is 286 g/mol. The standard InChI is InChI=1S/C11H18N6O.ClH/c1-5(2)8(12)11(18)13-9-7-6(3)16-17(4)10(7)15-14-9;/h5,8H,12H2,1-4H3,(H2,13,14,15,18);1H/t8-;/m0./s1. The number of halogens is 1. The summed E-state index contributed by atoms with van der Waals surface area (Å²) >= 11 is 0. The maximum Gasteiger partial charge on any atom is 0.242 e. The number of H-pyrrole nitrogens is 1. The van der Waals surface area contributed by atoms with Gasteiger partial charge in [0.15, 0.2) is 5.65 Å². The second-order valence-electron chi connectivity index (χ2n) is 4.77. The second kappa shape index (κ2) is 5.58. The number of nitrogens with two attached hydrogens (primary N) is 1. The molecule has 0 fully saturated rings. The number of fused-ring (bicyclic) bond motifs is 1. The molecular weight excluding hydrogens is 268 g/mol. The summed E-state index contributed by atoms with van der Waals surface area (Å²) < 4.78 is 1.67. The van der Waals surface area contributed by atoms with Crippen molar-refractivity contribution in [2.75, 3.05) is 5.32 Å². The van der Waals surface area contributed by atoms with Gasteiger partial charge >= 0.3 is 0 Å². The molecule has 1 atom stereocenters. The molecule has 0 radical (unpaired) electrons. The largest absolute Gasteiger partial charge is 0.320 e. The van der Waals surface area contributed by atoms with Gasteiger partial charge < -0.3 is 11.1 Å². The van der Waals surface area contributed by atoms with Gasteiger partial charge in [-0.05, 0) is 12.8 Å². The van der Waals surface area contributed by atoms with Crippen molar-refractivity contribution in [1.29, 1.82) is 0 Å². The van der Waals surface area contributed by atoms with Gasteiger partial charge in [0.1, 0.15) is 5.82 Å². The third-order valence-electron chi connectivity index (χ3n) is 2.98. The highest BCUT2D eigenvalue weighted by Gasteiger charge is 2.20. The fraction of sp³-hybridized carbons (Fsp3) is 0.545. The van der Waals surface area contributed by atoms with E-state index in [9.17, 15) is 4.79 Å². The molecule has 106 valence electrons. The third-order valence-corrected chi connectivity index (χ3v) is 2.98. The van der Waals surface area contributed by atoms with Gasteiger partial charge in [0, 0.05) is 7.05 Å². The molecule has 0 aliphatic carbocycles. The van der Waals surface area contributed by atoms with Crippen LogP contribution < -0.4 is 11.1 Å². The first-order chi connectivity index (χ1) is 8.41. The zero-order chi connectivity index (χ0) is 13.4. The molecule has 2 aromatic heterocycles. The Morgan fingerprint density at radius 1 is 1.47 bits per heavy atom. The topological polar surface area (TPSA) is 102 Å². The van der Waals surface area contributed by atoms with E-state index >= 15 is 0 Å². The van der Waals surface area contributed by atoms with E-state index in [2.05, 4.69) is 20.6 Å². The molecule has 8 heteroatoms. The summed E-state index contributed by atoms with van der Waals surface area (Å²) in [6.45, 7) is 5.68. The Balaban J connectivity index is 0.00000180.